The van der Waals surface area contributed by atoms with Crippen molar-refractivity contribution in [1.82, 2.24) is 0 Å². The van der Waals surface area contributed by atoms with Crippen molar-refractivity contribution in [2.24, 2.45) is 0 Å². The van der Waals surface area contributed by atoms with Crippen molar-refractivity contribution in [2.45, 2.75) is 59.2 Å². The molecule has 1 atom stereocenters. The average molecular weight is 309 g/mol. The van der Waals surface area contributed by atoms with E-state index in [2.05, 4.69) is 58.3 Å². The number of aliphatic hydroxyl groups excluding tert-OH is 1. The zero-order valence-corrected chi connectivity index (χ0v) is 16.7. The summed E-state index contributed by atoms with van der Waals surface area (Å²) < 4.78 is 0. The molecule has 0 spiro atoms. The number of hydrogen-bond acceptors (Lipinski definition) is 1. The zero-order chi connectivity index (χ0) is 14.8. The van der Waals surface area contributed by atoms with Crippen LogP contribution in [0.15, 0.2) is 12.1 Å². The largest absolute Gasteiger partial charge is 0.389 e. The van der Waals surface area contributed by atoms with E-state index in [0.717, 1.165) is 5.56 Å². The molecule has 0 aliphatic carbocycles. The number of benzene rings is 1. The molecule has 2 rings (SSSR count). The summed E-state index contributed by atoms with van der Waals surface area (Å²) in [5.74, 6) is 0. The predicted molar refractivity (Wildman–Crippen MR) is 93.5 cm³/mol. The van der Waals surface area contributed by atoms with Crippen LogP contribution in [0.2, 0.25) is 39.3 Å². The first kappa shape index (κ1) is 15.2. The van der Waals surface area contributed by atoms with E-state index >= 15 is 0 Å². The number of hydrogen-bond donors (Lipinski definition) is 1. The molecule has 0 bridgehead atoms. The summed E-state index contributed by atoms with van der Waals surface area (Å²) in [6.45, 7) is 19.6. The van der Waals surface area contributed by atoms with Gasteiger partial charge in [-0.3, -0.25) is 0 Å². The van der Waals surface area contributed by atoms with Crippen molar-refractivity contribution in [3.05, 3.63) is 23.3 Å². The number of aryl methyl sites for hydroxylation is 1. The maximum Gasteiger partial charge on any atom is 0.0764 e. The molecule has 1 heterocycles. The highest BCUT2D eigenvalue weighted by Gasteiger charge is 2.60. The van der Waals surface area contributed by atoms with Crippen LogP contribution >= 0.6 is 0 Å². The minimum atomic E-state index is -1.33. The topological polar surface area (TPSA) is 20.2 Å². The fourth-order valence-corrected chi connectivity index (χ4v) is 38.2. The van der Waals surface area contributed by atoms with E-state index in [1.54, 1.807) is 10.4 Å². The molecule has 1 aliphatic heterocycles. The number of rotatable bonds is 1. The van der Waals surface area contributed by atoms with Gasteiger partial charge in [0, 0.05) is 7.11 Å². The first-order valence-electron chi connectivity index (χ1n) is 7.28. The lowest BCUT2D eigenvalue weighted by molar-refractivity contribution is 0.198. The molecular weight excluding hydrogens is 280 g/mol. The Bertz CT molecular complexity index is 530. The zero-order valence-electron chi connectivity index (χ0n) is 13.7. The Morgan fingerprint density at radius 2 is 1.32 bits per heavy atom. The Labute approximate surface area is 120 Å². The first-order valence-corrected chi connectivity index (χ1v) is 18.3. The monoisotopic (exact) mass is 308 g/mol. The quantitative estimate of drug-likeness (QED) is 0.791. The van der Waals surface area contributed by atoms with Crippen LogP contribution in [0.3, 0.4) is 0 Å². The molecule has 1 N–H and O–H groups in total. The second-order valence-corrected chi connectivity index (χ2v) is 35.1. The molecule has 1 aliphatic rings. The highest BCUT2D eigenvalue weighted by Crippen LogP contribution is 2.35. The van der Waals surface area contributed by atoms with Gasteiger partial charge in [0.2, 0.25) is 0 Å². The van der Waals surface area contributed by atoms with Crippen LogP contribution in [0.25, 0.3) is 0 Å². The lowest BCUT2D eigenvalue weighted by Crippen LogP contribution is -2.68. The van der Waals surface area contributed by atoms with Crippen LogP contribution in [0, 0.1) is 6.92 Å². The molecule has 4 heteroatoms. The molecular formula is C15H28OSi3. The van der Waals surface area contributed by atoms with Crippen molar-refractivity contribution in [3.63, 3.8) is 0 Å². The molecule has 0 amide bonds. The van der Waals surface area contributed by atoms with Gasteiger partial charge in [-0.15, -0.1) is 0 Å². The molecule has 1 aromatic carbocycles. The summed E-state index contributed by atoms with van der Waals surface area (Å²) in [4.78, 5) is 0. The Balaban J connectivity index is 2.79. The van der Waals surface area contributed by atoms with Gasteiger partial charge in [-0.2, -0.15) is 0 Å². The minimum absolute atomic E-state index is 0.342. The van der Waals surface area contributed by atoms with Gasteiger partial charge >= 0.3 is 0 Å². The highest BCUT2D eigenvalue weighted by molar-refractivity contribution is 7.76. The third-order valence-electron chi connectivity index (χ3n) is 6.33. The minimum Gasteiger partial charge on any atom is -0.389 e. The molecule has 0 saturated heterocycles. The van der Waals surface area contributed by atoms with Gasteiger partial charge in [0.15, 0.2) is 0 Å². The summed E-state index contributed by atoms with van der Waals surface area (Å²) in [6.07, 6.45) is -0.342. The molecule has 0 saturated carbocycles. The van der Waals surface area contributed by atoms with E-state index in [4.69, 9.17) is 0 Å². The summed E-state index contributed by atoms with van der Waals surface area (Å²) in [5, 5.41) is 13.4. The van der Waals surface area contributed by atoms with Gasteiger partial charge in [0.25, 0.3) is 0 Å². The molecule has 1 aromatic rings. The highest BCUT2D eigenvalue weighted by atomic mass is 29.6. The normalized spacial score (nSPS) is 24.1. The second-order valence-electron chi connectivity index (χ2n) is 7.81. The molecule has 0 unspecified atom stereocenters. The van der Waals surface area contributed by atoms with Crippen LogP contribution in [-0.2, 0) is 0 Å². The molecule has 0 fully saturated rings. The van der Waals surface area contributed by atoms with E-state index in [9.17, 15) is 5.11 Å². The summed E-state index contributed by atoms with van der Waals surface area (Å²) in [7, 11) is -3.81. The van der Waals surface area contributed by atoms with Crippen LogP contribution in [-0.4, -0.2) is 27.4 Å². The SMILES string of the molecule is Cc1cc2c(cc1[C@@H](C)O)[Si](C)(C)[Si](C)(C)[Si]2(C)C. The van der Waals surface area contributed by atoms with E-state index in [0.29, 0.717) is 0 Å². The van der Waals surface area contributed by atoms with Crippen molar-refractivity contribution in [1.29, 1.82) is 0 Å². The number of aliphatic hydroxyl groups is 1. The van der Waals surface area contributed by atoms with Gasteiger partial charge in [0.1, 0.15) is 0 Å². The van der Waals surface area contributed by atoms with Crippen molar-refractivity contribution in [2.75, 3.05) is 0 Å². The Morgan fingerprint density at radius 3 is 1.74 bits per heavy atom. The Kier molecular flexibility index (Phi) is 3.34. The Hall–Kier alpha value is -0.169. The van der Waals surface area contributed by atoms with Crippen molar-refractivity contribution >= 4 is 32.7 Å². The van der Waals surface area contributed by atoms with Gasteiger partial charge in [-0.1, -0.05) is 61.8 Å². The maximum absolute atomic E-state index is 10.0. The third-order valence-corrected chi connectivity index (χ3v) is 48.0. The van der Waals surface area contributed by atoms with E-state index < -0.39 is 22.3 Å². The smallest absolute Gasteiger partial charge is 0.0764 e. The predicted octanol–water partition coefficient (Wildman–Crippen LogP) is 2.76. The summed E-state index contributed by atoms with van der Waals surface area (Å²) in [6, 6.07) is 4.80. The third kappa shape index (κ3) is 1.80. The van der Waals surface area contributed by atoms with E-state index in [-0.39, 0.29) is 6.10 Å². The molecule has 1 nitrogen and oxygen atoms in total. The fourth-order valence-electron chi connectivity index (χ4n) is 3.66. The molecule has 0 radical (unpaired) electrons. The molecule has 19 heavy (non-hydrogen) atoms. The lowest BCUT2D eigenvalue weighted by atomic mass is 10.0. The summed E-state index contributed by atoms with van der Waals surface area (Å²) in [5.41, 5.74) is 2.43. The van der Waals surface area contributed by atoms with Crippen LogP contribution < -0.4 is 10.4 Å². The van der Waals surface area contributed by atoms with Gasteiger partial charge in [-0.05, 0) is 25.0 Å². The standard InChI is InChI=1S/C15H28OSi3/c1-11-9-14-15(10-13(11)12(2)16)18(5,6)19(7,8)17(14,3)4/h9-10,12,16H,1-8H3/t12-/m1/s1. The fraction of sp³-hybridized carbons (Fsp3) is 0.600. The van der Waals surface area contributed by atoms with Gasteiger partial charge in [-0.25, -0.2) is 0 Å². The van der Waals surface area contributed by atoms with Gasteiger partial charge in [0.05, 0.1) is 21.3 Å². The van der Waals surface area contributed by atoms with E-state index in [1.807, 2.05) is 6.92 Å². The van der Waals surface area contributed by atoms with Crippen LogP contribution in [0.1, 0.15) is 24.2 Å². The average Bonchev–Trinajstić information content (AvgIpc) is 2.35. The molecule has 106 valence electrons. The first-order chi connectivity index (χ1) is 8.44. The Morgan fingerprint density at radius 1 is 0.895 bits per heavy atom. The maximum atomic E-state index is 10.0. The van der Waals surface area contributed by atoms with Crippen LogP contribution in [0.5, 0.6) is 0 Å². The lowest BCUT2D eigenvalue weighted by Gasteiger charge is -2.40. The molecule has 0 aromatic heterocycles. The van der Waals surface area contributed by atoms with E-state index in [1.165, 1.54) is 5.56 Å². The number of fused-ring (bicyclic) bond motifs is 1. The van der Waals surface area contributed by atoms with Crippen LogP contribution in [0.4, 0.5) is 0 Å². The van der Waals surface area contributed by atoms with Crippen molar-refractivity contribution < 1.29 is 5.11 Å². The van der Waals surface area contributed by atoms with Crippen molar-refractivity contribution in [3.8, 4) is 0 Å². The second kappa shape index (κ2) is 4.16. The van der Waals surface area contributed by atoms with Gasteiger partial charge < -0.3 is 5.11 Å². The summed E-state index contributed by atoms with van der Waals surface area (Å²) >= 11 is 0.